The molecule has 0 aromatic heterocycles. The third-order valence-corrected chi connectivity index (χ3v) is 3.69. The first-order valence-corrected chi connectivity index (χ1v) is 8.57. The minimum atomic E-state index is -3.11. The lowest BCUT2D eigenvalue weighted by Crippen LogP contribution is -2.41. The molecule has 0 atom stereocenters. The molecule has 7 heteroatoms. The molecule has 1 aromatic rings. The standard InChI is InChI=1S/C15H16O6S/c1-15(2)20-13(16)12(14(17)21-15)8-10-4-6-11(7-5-10)9-22(3,18)19/h4-8H,9H2,1-3H3. The first kappa shape index (κ1) is 16.2. The number of carbonyl (C=O) groups excluding carboxylic acids is 2. The summed E-state index contributed by atoms with van der Waals surface area (Å²) in [4.78, 5) is 23.6. The molecule has 1 saturated heterocycles. The summed E-state index contributed by atoms with van der Waals surface area (Å²) in [7, 11) is -3.11. The molecule has 2 rings (SSSR count). The highest BCUT2D eigenvalue weighted by Crippen LogP contribution is 2.24. The van der Waals surface area contributed by atoms with Gasteiger partial charge in [-0.15, -0.1) is 0 Å². The number of hydrogen-bond donors (Lipinski definition) is 0. The van der Waals surface area contributed by atoms with Crippen molar-refractivity contribution in [1.82, 2.24) is 0 Å². The second-order valence-electron chi connectivity index (χ2n) is 5.55. The molecule has 0 bridgehead atoms. The summed E-state index contributed by atoms with van der Waals surface area (Å²) in [6.07, 6.45) is 2.50. The number of rotatable bonds is 3. The second-order valence-corrected chi connectivity index (χ2v) is 7.69. The fourth-order valence-electron chi connectivity index (χ4n) is 1.96. The minimum absolute atomic E-state index is 0.0673. The minimum Gasteiger partial charge on any atom is -0.419 e. The Balaban J connectivity index is 2.23. The summed E-state index contributed by atoms with van der Waals surface area (Å²) in [6, 6.07) is 6.48. The van der Waals surface area contributed by atoms with Crippen LogP contribution in [0.25, 0.3) is 6.08 Å². The lowest BCUT2D eigenvalue weighted by molar-refractivity contribution is -0.222. The molecule has 0 N–H and O–H groups in total. The van der Waals surface area contributed by atoms with Gasteiger partial charge in [0.15, 0.2) is 9.84 Å². The Morgan fingerprint density at radius 1 is 1.05 bits per heavy atom. The molecular formula is C15H16O6S. The number of hydrogen-bond acceptors (Lipinski definition) is 6. The van der Waals surface area contributed by atoms with Crippen LogP contribution in [-0.4, -0.2) is 32.4 Å². The number of carbonyl (C=O) groups is 2. The van der Waals surface area contributed by atoms with Crippen molar-refractivity contribution in [3.05, 3.63) is 41.0 Å². The van der Waals surface area contributed by atoms with Crippen LogP contribution in [0.1, 0.15) is 25.0 Å². The summed E-state index contributed by atoms with van der Waals surface area (Å²) in [5, 5.41) is 0. The van der Waals surface area contributed by atoms with E-state index < -0.39 is 27.6 Å². The molecule has 6 nitrogen and oxygen atoms in total. The van der Waals surface area contributed by atoms with Gasteiger partial charge in [0.05, 0.1) is 5.75 Å². The molecule has 1 aromatic carbocycles. The SMILES string of the molecule is CC1(C)OC(=O)C(=Cc2ccc(CS(C)(=O)=O)cc2)C(=O)O1. The maximum atomic E-state index is 11.8. The normalized spacial score (nSPS) is 17.7. The first-order chi connectivity index (χ1) is 10.1. The van der Waals surface area contributed by atoms with Crippen molar-refractivity contribution in [1.29, 1.82) is 0 Å². The maximum absolute atomic E-state index is 11.8. The Morgan fingerprint density at radius 3 is 2.00 bits per heavy atom. The zero-order valence-corrected chi connectivity index (χ0v) is 13.3. The molecule has 0 aliphatic carbocycles. The van der Waals surface area contributed by atoms with Gasteiger partial charge in [-0.3, -0.25) is 0 Å². The van der Waals surface area contributed by atoms with Gasteiger partial charge >= 0.3 is 11.9 Å². The van der Waals surface area contributed by atoms with Gasteiger partial charge in [-0.05, 0) is 17.2 Å². The van der Waals surface area contributed by atoms with Crippen molar-refractivity contribution in [2.75, 3.05) is 6.26 Å². The quantitative estimate of drug-likeness (QED) is 0.475. The van der Waals surface area contributed by atoms with E-state index in [1.807, 2.05) is 0 Å². The van der Waals surface area contributed by atoms with Crippen LogP contribution < -0.4 is 0 Å². The molecule has 1 aliphatic rings. The third-order valence-electron chi connectivity index (χ3n) is 2.84. The molecule has 0 saturated carbocycles. The van der Waals surface area contributed by atoms with Crippen molar-refractivity contribution < 1.29 is 27.5 Å². The molecule has 0 spiro atoms. The van der Waals surface area contributed by atoms with E-state index in [-0.39, 0.29) is 11.3 Å². The summed E-state index contributed by atoms with van der Waals surface area (Å²) < 4.78 is 32.4. The van der Waals surface area contributed by atoms with Crippen LogP contribution in [0.3, 0.4) is 0 Å². The summed E-state index contributed by atoms with van der Waals surface area (Å²) in [6.45, 7) is 2.94. The third kappa shape index (κ3) is 4.17. The zero-order chi connectivity index (χ0) is 16.5. The number of benzene rings is 1. The fraction of sp³-hybridized carbons (Fsp3) is 0.333. The molecular weight excluding hydrogens is 308 g/mol. The largest absolute Gasteiger partial charge is 0.419 e. The monoisotopic (exact) mass is 324 g/mol. The second kappa shape index (κ2) is 5.57. The molecule has 1 fully saturated rings. The number of esters is 2. The Labute approximate surface area is 128 Å². The molecule has 1 heterocycles. The van der Waals surface area contributed by atoms with Gasteiger partial charge in [0.25, 0.3) is 5.79 Å². The Bertz CT molecular complexity index is 719. The van der Waals surface area contributed by atoms with Gasteiger partial charge in [-0.25, -0.2) is 18.0 Å². The predicted octanol–water partition coefficient (Wildman–Crippen LogP) is 1.45. The molecule has 0 radical (unpaired) electrons. The van der Waals surface area contributed by atoms with Crippen molar-refractivity contribution in [3.8, 4) is 0 Å². The van der Waals surface area contributed by atoms with E-state index >= 15 is 0 Å². The highest BCUT2D eigenvalue weighted by molar-refractivity contribution is 7.89. The lowest BCUT2D eigenvalue weighted by atomic mass is 10.1. The van der Waals surface area contributed by atoms with E-state index in [1.165, 1.54) is 19.9 Å². The van der Waals surface area contributed by atoms with Gasteiger partial charge in [-0.2, -0.15) is 0 Å². The molecule has 118 valence electrons. The van der Waals surface area contributed by atoms with E-state index in [4.69, 9.17) is 9.47 Å². The van der Waals surface area contributed by atoms with Gasteiger partial charge in [-0.1, -0.05) is 24.3 Å². The molecule has 1 aliphatic heterocycles. The average Bonchev–Trinajstić information content (AvgIpc) is 2.33. The van der Waals surface area contributed by atoms with Crippen molar-refractivity contribution in [2.24, 2.45) is 0 Å². The Morgan fingerprint density at radius 2 is 1.55 bits per heavy atom. The van der Waals surface area contributed by atoms with Crippen LogP contribution in [0.2, 0.25) is 0 Å². The van der Waals surface area contributed by atoms with Crippen LogP contribution in [0.5, 0.6) is 0 Å². The highest BCUT2D eigenvalue weighted by atomic mass is 32.2. The van der Waals surface area contributed by atoms with Gasteiger partial charge in [0.1, 0.15) is 5.57 Å². The number of ether oxygens (including phenoxy) is 2. The maximum Gasteiger partial charge on any atom is 0.348 e. The summed E-state index contributed by atoms with van der Waals surface area (Å²) in [5.74, 6) is -2.84. The van der Waals surface area contributed by atoms with E-state index in [0.717, 1.165) is 6.26 Å². The topological polar surface area (TPSA) is 86.7 Å². The van der Waals surface area contributed by atoms with Gasteiger partial charge in [0, 0.05) is 20.1 Å². The highest BCUT2D eigenvalue weighted by Gasteiger charge is 2.38. The average molecular weight is 324 g/mol. The van der Waals surface area contributed by atoms with Gasteiger partial charge < -0.3 is 9.47 Å². The van der Waals surface area contributed by atoms with E-state index in [0.29, 0.717) is 11.1 Å². The zero-order valence-electron chi connectivity index (χ0n) is 12.5. The molecule has 0 unspecified atom stereocenters. The van der Waals surface area contributed by atoms with Crippen molar-refractivity contribution >= 4 is 27.9 Å². The van der Waals surface area contributed by atoms with Crippen LogP contribution >= 0.6 is 0 Å². The number of cyclic esters (lactones) is 2. The smallest absolute Gasteiger partial charge is 0.348 e. The van der Waals surface area contributed by atoms with Crippen LogP contribution in [0.4, 0.5) is 0 Å². The van der Waals surface area contributed by atoms with Crippen LogP contribution in [0.15, 0.2) is 29.8 Å². The van der Waals surface area contributed by atoms with E-state index in [2.05, 4.69) is 0 Å². The Kier molecular flexibility index (Phi) is 4.10. The summed E-state index contributed by atoms with van der Waals surface area (Å²) >= 11 is 0. The van der Waals surface area contributed by atoms with E-state index in [1.54, 1.807) is 24.3 Å². The molecule has 0 amide bonds. The summed E-state index contributed by atoms with van der Waals surface area (Å²) in [5.41, 5.74) is 0.996. The molecule has 22 heavy (non-hydrogen) atoms. The van der Waals surface area contributed by atoms with E-state index in [9.17, 15) is 18.0 Å². The van der Waals surface area contributed by atoms with Gasteiger partial charge in [0.2, 0.25) is 0 Å². The fourth-order valence-corrected chi connectivity index (χ4v) is 2.76. The van der Waals surface area contributed by atoms with Crippen molar-refractivity contribution in [2.45, 2.75) is 25.4 Å². The lowest BCUT2D eigenvalue weighted by Gasteiger charge is -2.29. The number of sulfone groups is 1. The Hall–Kier alpha value is -2.15. The van der Waals surface area contributed by atoms with Crippen LogP contribution in [-0.2, 0) is 34.7 Å². The first-order valence-electron chi connectivity index (χ1n) is 6.51. The predicted molar refractivity (Wildman–Crippen MR) is 79.2 cm³/mol. The van der Waals surface area contributed by atoms with Crippen LogP contribution in [0, 0.1) is 0 Å². The van der Waals surface area contributed by atoms with Crippen molar-refractivity contribution in [3.63, 3.8) is 0 Å².